The van der Waals surface area contributed by atoms with E-state index in [1.807, 2.05) is 36.5 Å². The van der Waals surface area contributed by atoms with Gasteiger partial charge in [0.1, 0.15) is 5.82 Å². The summed E-state index contributed by atoms with van der Waals surface area (Å²) in [5.74, 6) is -1.28. The van der Waals surface area contributed by atoms with E-state index in [0.29, 0.717) is 13.0 Å². The molecule has 3 aromatic rings. The molecule has 0 unspecified atom stereocenters. The SMILES string of the molecule is Cc1c(F)cc(C(=O)NCCCn2ccc3ccccc32)cc1[N+](=O)[O-]. The number of nitro benzene ring substituents is 1. The highest BCUT2D eigenvalue weighted by Gasteiger charge is 2.19. The number of nitrogens with one attached hydrogen (secondary N) is 1. The lowest BCUT2D eigenvalue weighted by molar-refractivity contribution is -0.385. The quantitative estimate of drug-likeness (QED) is 0.415. The van der Waals surface area contributed by atoms with E-state index in [1.54, 1.807) is 0 Å². The van der Waals surface area contributed by atoms with E-state index in [0.717, 1.165) is 29.6 Å². The Bertz CT molecular complexity index is 981. The molecular formula is C19H18FN3O3. The molecule has 0 aliphatic rings. The van der Waals surface area contributed by atoms with Gasteiger partial charge < -0.3 is 9.88 Å². The molecule has 0 bridgehead atoms. The summed E-state index contributed by atoms with van der Waals surface area (Å²) in [4.78, 5) is 22.4. The van der Waals surface area contributed by atoms with E-state index in [9.17, 15) is 19.3 Å². The van der Waals surface area contributed by atoms with Crippen LogP contribution in [0.4, 0.5) is 10.1 Å². The lowest BCUT2D eigenvalue weighted by Gasteiger charge is -2.08. The lowest BCUT2D eigenvalue weighted by Crippen LogP contribution is -2.25. The number of nitro groups is 1. The van der Waals surface area contributed by atoms with Crippen LogP contribution < -0.4 is 5.32 Å². The number of nitrogens with zero attached hydrogens (tertiary/aromatic N) is 2. The van der Waals surface area contributed by atoms with Gasteiger partial charge >= 0.3 is 0 Å². The van der Waals surface area contributed by atoms with Crippen molar-refractivity contribution < 1.29 is 14.1 Å². The van der Waals surface area contributed by atoms with Crippen LogP contribution in [0.1, 0.15) is 22.3 Å². The zero-order chi connectivity index (χ0) is 18.7. The van der Waals surface area contributed by atoms with Crippen LogP contribution in [-0.2, 0) is 6.54 Å². The van der Waals surface area contributed by atoms with Gasteiger partial charge in [0.25, 0.3) is 11.6 Å². The number of carbonyl (C=O) groups is 1. The fraction of sp³-hybridized carbons (Fsp3) is 0.211. The largest absolute Gasteiger partial charge is 0.352 e. The van der Waals surface area contributed by atoms with Gasteiger partial charge in [-0.15, -0.1) is 0 Å². The molecule has 0 radical (unpaired) electrons. The summed E-state index contributed by atoms with van der Waals surface area (Å²) in [5.41, 5.74) is 0.598. The van der Waals surface area contributed by atoms with E-state index < -0.39 is 22.3 Å². The molecule has 0 saturated carbocycles. The average Bonchev–Trinajstić information content (AvgIpc) is 3.03. The average molecular weight is 355 g/mol. The Morgan fingerprint density at radius 1 is 1.27 bits per heavy atom. The van der Waals surface area contributed by atoms with E-state index in [-0.39, 0.29) is 11.1 Å². The van der Waals surface area contributed by atoms with E-state index in [2.05, 4.69) is 9.88 Å². The number of carbonyl (C=O) groups excluding carboxylic acids is 1. The molecule has 0 aliphatic heterocycles. The number of fused-ring (bicyclic) bond motifs is 1. The Morgan fingerprint density at radius 3 is 2.81 bits per heavy atom. The maximum absolute atomic E-state index is 13.8. The molecule has 3 rings (SSSR count). The zero-order valence-corrected chi connectivity index (χ0v) is 14.2. The minimum atomic E-state index is -0.761. The Morgan fingerprint density at radius 2 is 2.04 bits per heavy atom. The number of aryl methyl sites for hydroxylation is 1. The van der Waals surface area contributed by atoms with Crippen molar-refractivity contribution in [1.29, 1.82) is 0 Å². The Hall–Kier alpha value is -3.22. The topological polar surface area (TPSA) is 77.2 Å². The minimum absolute atomic E-state index is 0.0498. The zero-order valence-electron chi connectivity index (χ0n) is 14.2. The number of hydrogen-bond acceptors (Lipinski definition) is 3. The highest BCUT2D eigenvalue weighted by molar-refractivity contribution is 5.95. The smallest absolute Gasteiger partial charge is 0.276 e. The molecule has 0 aliphatic carbocycles. The van der Waals surface area contributed by atoms with Crippen molar-refractivity contribution in [3.8, 4) is 0 Å². The van der Waals surface area contributed by atoms with Crippen LogP contribution in [0.2, 0.25) is 0 Å². The number of aromatic nitrogens is 1. The van der Waals surface area contributed by atoms with Crippen molar-refractivity contribution >= 4 is 22.5 Å². The van der Waals surface area contributed by atoms with E-state index >= 15 is 0 Å². The number of hydrogen-bond donors (Lipinski definition) is 1. The highest BCUT2D eigenvalue weighted by Crippen LogP contribution is 2.22. The van der Waals surface area contributed by atoms with E-state index in [4.69, 9.17) is 0 Å². The third-order valence-electron chi connectivity index (χ3n) is 4.32. The maximum Gasteiger partial charge on any atom is 0.276 e. The maximum atomic E-state index is 13.8. The molecule has 6 nitrogen and oxygen atoms in total. The summed E-state index contributed by atoms with van der Waals surface area (Å²) >= 11 is 0. The molecular weight excluding hydrogens is 337 g/mol. The van der Waals surface area contributed by atoms with Crippen molar-refractivity contribution in [3.63, 3.8) is 0 Å². The number of amides is 1. The lowest BCUT2D eigenvalue weighted by atomic mass is 10.1. The molecule has 1 aromatic heterocycles. The van der Waals surface area contributed by atoms with Crippen LogP contribution >= 0.6 is 0 Å². The van der Waals surface area contributed by atoms with Gasteiger partial charge in [0.05, 0.1) is 10.5 Å². The Labute approximate surface area is 149 Å². The predicted octanol–water partition coefficient (Wildman–Crippen LogP) is 3.82. The van der Waals surface area contributed by atoms with Crippen molar-refractivity contribution in [1.82, 2.24) is 9.88 Å². The van der Waals surface area contributed by atoms with Gasteiger partial charge in [-0.05, 0) is 36.9 Å². The first-order valence-corrected chi connectivity index (χ1v) is 8.24. The second kappa shape index (κ2) is 7.35. The summed E-state index contributed by atoms with van der Waals surface area (Å²) in [6.07, 6.45) is 2.67. The first kappa shape index (κ1) is 17.6. The summed E-state index contributed by atoms with van der Waals surface area (Å²) < 4.78 is 15.9. The van der Waals surface area contributed by atoms with Gasteiger partial charge in [0, 0.05) is 36.4 Å². The Kier molecular flexibility index (Phi) is 4.97. The van der Waals surface area contributed by atoms with Crippen LogP contribution in [0.5, 0.6) is 0 Å². The van der Waals surface area contributed by atoms with Crippen molar-refractivity contribution in [2.45, 2.75) is 19.9 Å². The van der Waals surface area contributed by atoms with Crippen LogP contribution in [0.15, 0.2) is 48.7 Å². The third kappa shape index (κ3) is 3.56. The van der Waals surface area contributed by atoms with Crippen molar-refractivity contribution in [3.05, 3.63) is 75.7 Å². The molecule has 1 heterocycles. The molecule has 1 amide bonds. The number of rotatable bonds is 6. The number of para-hydroxylation sites is 1. The van der Waals surface area contributed by atoms with Crippen LogP contribution in [0, 0.1) is 22.9 Å². The molecule has 0 spiro atoms. The third-order valence-corrected chi connectivity index (χ3v) is 4.32. The normalized spacial score (nSPS) is 10.8. The molecule has 2 aromatic carbocycles. The van der Waals surface area contributed by atoms with Gasteiger partial charge in [-0.3, -0.25) is 14.9 Å². The molecule has 1 N–H and O–H groups in total. The molecule has 7 heteroatoms. The predicted molar refractivity (Wildman–Crippen MR) is 96.7 cm³/mol. The summed E-state index contributed by atoms with van der Waals surface area (Å²) in [6, 6.07) is 12.2. The van der Waals surface area contributed by atoms with Crippen molar-refractivity contribution in [2.24, 2.45) is 0 Å². The van der Waals surface area contributed by atoms with Crippen molar-refractivity contribution in [2.75, 3.05) is 6.54 Å². The van der Waals surface area contributed by atoms with Gasteiger partial charge in [-0.1, -0.05) is 18.2 Å². The second-order valence-corrected chi connectivity index (χ2v) is 6.04. The van der Waals surface area contributed by atoms with Gasteiger partial charge in [-0.2, -0.15) is 0 Å². The van der Waals surface area contributed by atoms with Crippen LogP contribution in [-0.4, -0.2) is 21.9 Å². The van der Waals surface area contributed by atoms with Gasteiger partial charge in [-0.25, -0.2) is 4.39 Å². The van der Waals surface area contributed by atoms with E-state index in [1.165, 1.54) is 6.92 Å². The molecule has 0 atom stereocenters. The van der Waals surface area contributed by atoms with Gasteiger partial charge in [0.2, 0.25) is 0 Å². The Balaban J connectivity index is 1.60. The van der Waals surface area contributed by atoms with Gasteiger partial charge in [0.15, 0.2) is 0 Å². The first-order chi connectivity index (χ1) is 12.5. The standard InChI is InChI=1S/C19H18FN3O3/c1-13-16(20)11-15(12-18(13)23(25)26)19(24)21-8-4-9-22-10-7-14-5-2-3-6-17(14)22/h2-3,5-7,10-12H,4,8-9H2,1H3,(H,21,24). The number of benzene rings is 2. The van der Waals surface area contributed by atoms with Crippen LogP contribution in [0.25, 0.3) is 10.9 Å². The molecule has 0 fully saturated rings. The molecule has 134 valence electrons. The first-order valence-electron chi connectivity index (χ1n) is 8.24. The molecule has 0 saturated heterocycles. The molecule has 26 heavy (non-hydrogen) atoms. The summed E-state index contributed by atoms with van der Waals surface area (Å²) in [5, 5.41) is 14.8. The fourth-order valence-corrected chi connectivity index (χ4v) is 2.87. The minimum Gasteiger partial charge on any atom is -0.352 e. The summed E-state index contributed by atoms with van der Waals surface area (Å²) in [7, 11) is 0. The summed E-state index contributed by atoms with van der Waals surface area (Å²) in [6.45, 7) is 2.42. The highest BCUT2D eigenvalue weighted by atomic mass is 19.1. The number of halogens is 1. The monoisotopic (exact) mass is 355 g/mol. The fourth-order valence-electron chi connectivity index (χ4n) is 2.87. The van der Waals surface area contributed by atoms with Crippen LogP contribution in [0.3, 0.4) is 0 Å². The second-order valence-electron chi connectivity index (χ2n) is 6.04.